The summed E-state index contributed by atoms with van der Waals surface area (Å²) in [6, 6.07) is -0.498. The second-order valence-electron chi connectivity index (χ2n) is 3.97. The van der Waals surface area contributed by atoms with Crippen molar-refractivity contribution in [2.45, 2.75) is 31.8 Å². The number of rotatable bonds is 3. The summed E-state index contributed by atoms with van der Waals surface area (Å²) in [4.78, 5) is 11.5. The van der Waals surface area contributed by atoms with Gasteiger partial charge in [-0.3, -0.25) is 4.79 Å². The zero-order chi connectivity index (χ0) is 11.5. The van der Waals surface area contributed by atoms with Gasteiger partial charge in [-0.05, 0) is 26.8 Å². The first kappa shape index (κ1) is 12.4. The van der Waals surface area contributed by atoms with Crippen LogP contribution in [0, 0.1) is 0 Å². The van der Waals surface area contributed by atoms with E-state index in [4.69, 9.17) is 0 Å². The van der Waals surface area contributed by atoms with Gasteiger partial charge in [-0.2, -0.15) is 0 Å². The summed E-state index contributed by atoms with van der Waals surface area (Å²) in [7, 11) is -1.25. The van der Waals surface area contributed by atoms with E-state index < -0.39 is 9.84 Å². The summed E-state index contributed by atoms with van der Waals surface area (Å²) in [6.07, 6.45) is 1.39. The minimum absolute atomic E-state index is 0.0785. The maximum absolute atomic E-state index is 11.5. The maximum atomic E-state index is 11.5. The lowest BCUT2D eigenvalue weighted by atomic mass is 10.1. The van der Waals surface area contributed by atoms with Crippen molar-refractivity contribution in [2.75, 3.05) is 18.6 Å². The Morgan fingerprint density at radius 3 is 2.67 bits per heavy atom. The summed E-state index contributed by atoms with van der Waals surface area (Å²) in [5, 5.41) is 5.56. The molecular weight excluding hydrogens is 216 g/mol. The lowest BCUT2D eigenvalue weighted by Gasteiger charge is -2.24. The van der Waals surface area contributed by atoms with E-state index in [1.807, 2.05) is 0 Å². The Kier molecular flexibility index (Phi) is 4.10. The molecule has 0 aromatic carbocycles. The number of amides is 1. The number of hydrogen-bond donors (Lipinski definition) is 2. The smallest absolute Gasteiger partial charge is 0.237 e. The molecular formula is C9H18N2O3S. The van der Waals surface area contributed by atoms with E-state index in [1.165, 1.54) is 0 Å². The Labute approximate surface area is 90.5 Å². The van der Waals surface area contributed by atoms with Gasteiger partial charge in [0.2, 0.25) is 5.91 Å². The molecule has 0 saturated carbocycles. The first-order chi connectivity index (χ1) is 6.94. The van der Waals surface area contributed by atoms with Crippen LogP contribution in [0.1, 0.15) is 19.8 Å². The van der Waals surface area contributed by atoms with Crippen LogP contribution in [0.15, 0.2) is 0 Å². The molecule has 0 aromatic rings. The van der Waals surface area contributed by atoms with Crippen LogP contribution >= 0.6 is 0 Å². The lowest BCUT2D eigenvalue weighted by molar-refractivity contribution is -0.123. The summed E-state index contributed by atoms with van der Waals surface area (Å²) in [6.45, 7) is 1.74. The van der Waals surface area contributed by atoms with Gasteiger partial charge in [-0.25, -0.2) is 8.42 Å². The number of likely N-dealkylation sites (N-methyl/N-ethyl adjacent to an activating group) is 1. The van der Waals surface area contributed by atoms with E-state index in [1.54, 1.807) is 14.0 Å². The van der Waals surface area contributed by atoms with Gasteiger partial charge >= 0.3 is 0 Å². The van der Waals surface area contributed by atoms with Crippen LogP contribution < -0.4 is 10.6 Å². The second kappa shape index (κ2) is 4.94. The van der Waals surface area contributed by atoms with Crippen LogP contribution in [0.25, 0.3) is 0 Å². The Balaban J connectivity index is 2.49. The largest absolute Gasteiger partial charge is 0.351 e. The number of carbonyl (C=O) groups is 1. The molecule has 0 bridgehead atoms. The number of sulfone groups is 1. The molecule has 1 aliphatic rings. The number of hydrogen-bond acceptors (Lipinski definition) is 4. The van der Waals surface area contributed by atoms with E-state index in [9.17, 15) is 13.2 Å². The van der Waals surface area contributed by atoms with E-state index in [0.29, 0.717) is 6.42 Å². The average Bonchev–Trinajstić information content (AvgIpc) is 2.14. The van der Waals surface area contributed by atoms with Crippen molar-refractivity contribution < 1.29 is 13.2 Å². The minimum atomic E-state index is -2.95. The van der Waals surface area contributed by atoms with Crippen LogP contribution in [0.5, 0.6) is 0 Å². The van der Waals surface area contributed by atoms with Gasteiger partial charge in [0.05, 0.1) is 17.5 Å². The molecule has 15 heavy (non-hydrogen) atoms. The van der Waals surface area contributed by atoms with Crippen LogP contribution in [0.2, 0.25) is 0 Å². The molecule has 2 N–H and O–H groups in total. The first-order valence-electron chi connectivity index (χ1n) is 5.12. The Hall–Kier alpha value is -0.620. The third kappa shape index (κ3) is 3.79. The van der Waals surface area contributed by atoms with Crippen LogP contribution in [0.3, 0.4) is 0 Å². The van der Waals surface area contributed by atoms with Crippen molar-refractivity contribution in [3.63, 3.8) is 0 Å². The Morgan fingerprint density at radius 2 is 2.13 bits per heavy atom. The molecule has 1 fully saturated rings. The first-order valence-corrected chi connectivity index (χ1v) is 6.95. The standard InChI is InChI=1S/C9H18N2O3S/c1-7(10-2)9(12)11-8-4-3-5-15(13,14)6-8/h7-8,10H,3-6H2,1-2H3,(H,11,12). The van der Waals surface area contributed by atoms with Crippen molar-refractivity contribution in [2.24, 2.45) is 0 Å². The lowest BCUT2D eigenvalue weighted by Crippen LogP contribution is -2.49. The number of carbonyl (C=O) groups excluding carboxylic acids is 1. The van der Waals surface area contributed by atoms with Crippen molar-refractivity contribution in [3.05, 3.63) is 0 Å². The molecule has 6 heteroatoms. The van der Waals surface area contributed by atoms with E-state index in [0.717, 1.165) is 6.42 Å². The monoisotopic (exact) mass is 234 g/mol. The van der Waals surface area contributed by atoms with Crippen molar-refractivity contribution >= 4 is 15.7 Å². The molecule has 5 nitrogen and oxygen atoms in total. The molecule has 0 radical (unpaired) electrons. The SMILES string of the molecule is CNC(C)C(=O)NC1CCCS(=O)(=O)C1. The van der Waals surface area contributed by atoms with Gasteiger partial charge in [-0.1, -0.05) is 0 Å². The topological polar surface area (TPSA) is 75.3 Å². The zero-order valence-corrected chi connectivity index (χ0v) is 9.93. The van der Waals surface area contributed by atoms with Crippen LogP contribution in [0.4, 0.5) is 0 Å². The fraction of sp³-hybridized carbons (Fsp3) is 0.889. The van der Waals surface area contributed by atoms with E-state index >= 15 is 0 Å². The van der Waals surface area contributed by atoms with Crippen molar-refractivity contribution in [1.29, 1.82) is 0 Å². The molecule has 1 heterocycles. The molecule has 2 atom stereocenters. The predicted octanol–water partition coefficient (Wildman–Crippen LogP) is -0.712. The highest BCUT2D eigenvalue weighted by molar-refractivity contribution is 7.91. The quantitative estimate of drug-likeness (QED) is 0.676. The van der Waals surface area contributed by atoms with Gasteiger partial charge in [0.1, 0.15) is 0 Å². The third-order valence-electron chi connectivity index (χ3n) is 2.64. The average molecular weight is 234 g/mol. The van der Waals surface area contributed by atoms with Gasteiger partial charge in [-0.15, -0.1) is 0 Å². The molecule has 1 rings (SSSR count). The third-order valence-corrected chi connectivity index (χ3v) is 4.46. The van der Waals surface area contributed by atoms with Crippen LogP contribution in [-0.4, -0.2) is 45.0 Å². The van der Waals surface area contributed by atoms with Gasteiger partial charge in [0.15, 0.2) is 9.84 Å². The highest BCUT2D eigenvalue weighted by Crippen LogP contribution is 2.11. The maximum Gasteiger partial charge on any atom is 0.237 e. The Morgan fingerprint density at radius 1 is 1.47 bits per heavy atom. The molecule has 1 amide bonds. The van der Waals surface area contributed by atoms with E-state index in [-0.39, 0.29) is 29.5 Å². The summed E-state index contributed by atoms with van der Waals surface area (Å²) >= 11 is 0. The molecule has 0 aliphatic carbocycles. The molecule has 88 valence electrons. The normalized spacial score (nSPS) is 26.9. The second-order valence-corrected chi connectivity index (χ2v) is 6.20. The predicted molar refractivity (Wildman–Crippen MR) is 58.3 cm³/mol. The fourth-order valence-corrected chi connectivity index (χ4v) is 3.23. The Bertz CT molecular complexity index is 326. The van der Waals surface area contributed by atoms with Crippen molar-refractivity contribution in [1.82, 2.24) is 10.6 Å². The fourth-order valence-electron chi connectivity index (χ4n) is 1.59. The van der Waals surface area contributed by atoms with Gasteiger partial charge in [0.25, 0.3) is 0 Å². The summed E-state index contributed by atoms with van der Waals surface area (Å²) in [5.74, 6) is 0.190. The minimum Gasteiger partial charge on any atom is -0.351 e. The molecule has 0 spiro atoms. The highest BCUT2D eigenvalue weighted by atomic mass is 32.2. The molecule has 1 aliphatic heterocycles. The van der Waals surface area contributed by atoms with Crippen molar-refractivity contribution in [3.8, 4) is 0 Å². The van der Waals surface area contributed by atoms with E-state index in [2.05, 4.69) is 10.6 Å². The highest BCUT2D eigenvalue weighted by Gasteiger charge is 2.26. The van der Waals surface area contributed by atoms with Crippen LogP contribution in [-0.2, 0) is 14.6 Å². The molecule has 0 aromatic heterocycles. The summed E-state index contributed by atoms with van der Waals surface area (Å²) < 4.78 is 22.6. The van der Waals surface area contributed by atoms with Gasteiger partial charge in [0, 0.05) is 6.04 Å². The molecule has 2 unspecified atom stereocenters. The zero-order valence-electron chi connectivity index (χ0n) is 9.12. The number of nitrogens with one attached hydrogen (secondary N) is 2. The summed E-state index contributed by atoms with van der Waals surface area (Å²) in [5.41, 5.74) is 0. The molecule has 1 saturated heterocycles. The van der Waals surface area contributed by atoms with Gasteiger partial charge < -0.3 is 10.6 Å².